The number of nitrogens with one attached hydrogen (secondary N) is 3. The second-order valence-electron chi connectivity index (χ2n) is 9.93. The zero-order valence-electron chi connectivity index (χ0n) is 22.4. The van der Waals surface area contributed by atoms with Crippen molar-refractivity contribution in [2.24, 2.45) is 0 Å². The van der Waals surface area contributed by atoms with Gasteiger partial charge in [0.15, 0.2) is 0 Å². The highest BCUT2D eigenvalue weighted by Gasteiger charge is 2.33. The Labute approximate surface area is 257 Å². The summed E-state index contributed by atoms with van der Waals surface area (Å²) in [5.74, 6) is -0.593. The molecular formula is C28H35Cl3N6O4. The third kappa shape index (κ3) is 8.90. The van der Waals surface area contributed by atoms with Crippen LogP contribution in [0.4, 0.5) is 5.82 Å². The first-order valence-electron chi connectivity index (χ1n) is 13.0. The first-order valence-corrected chi connectivity index (χ1v) is 13.0. The zero-order chi connectivity index (χ0) is 26.5. The minimum atomic E-state index is -1.00. The predicted octanol–water partition coefficient (Wildman–Crippen LogP) is 3.15. The minimum absolute atomic E-state index is 0. The number of likely N-dealkylation sites (tertiary alicyclic amines) is 1. The number of pyridine rings is 2. The molecule has 1 fully saturated rings. The molecule has 1 saturated heterocycles. The number of carbonyl (C=O) groups excluding carboxylic acids is 2. The number of nitrogens with zero attached hydrogens (tertiary/aromatic N) is 3. The molecule has 2 unspecified atom stereocenters. The highest BCUT2D eigenvalue weighted by atomic mass is 35.5. The number of hydrogen-bond donors (Lipinski definition) is 4. The van der Waals surface area contributed by atoms with Gasteiger partial charge in [0.25, 0.3) is 0 Å². The lowest BCUT2D eigenvalue weighted by Gasteiger charge is -2.21. The van der Waals surface area contributed by atoms with Crippen LogP contribution in [0.25, 0.3) is 10.9 Å². The van der Waals surface area contributed by atoms with Crippen LogP contribution in [0.5, 0.6) is 0 Å². The van der Waals surface area contributed by atoms with Gasteiger partial charge in [-0.25, -0.2) is 4.98 Å². The van der Waals surface area contributed by atoms with Gasteiger partial charge in [-0.2, -0.15) is 0 Å². The summed E-state index contributed by atoms with van der Waals surface area (Å²) in [6.45, 7) is 1.73. The number of benzene rings is 1. The number of halogens is 3. The number of aromatic nitrogens is 2. The summed E-state index contributed by atoms with van der Waals surface area (Å²) in [6, 6.07) is 12.7. The average molecular weight is 626 g/mol. The second kappa shape index (κ2) is 15.7. The lowest BCUT2D eigenvalue weighted by molar-refractivity contribution is -0.138. The smallest absolute Gasteiger partial charge is 0.305 e. The number of aliphatic carboxylic acids is 1. The molecule has 0 bridgehead atoms. The topological polar surface area (TPSA) is 137 Å². The fourth-order valence-corrected chi connectivity index (χ4v) is 5.12. The van der Waals surface area contributed by atoms with Gasteiger partial charge < -0.3 is 26.0 Å². The first-order chi connectivity index (χ1) is 18.4. The number of hydrogen-bond acceptors (Lipinski definition) is 7. The highest BCUT2D eigenvalue weighted by molar-refractivity contribution is 5.89. The van der Waals surface area contributed by atoms with Gasteiger partial charge in [0.05, 0.1) is 30.2 Å². The third-order valence-corrected chi connectivity index (χ3v) is 7.03. The maximum atomic E-state index is 12.9. The molecule has 3 aromatic rings. The van der Waals surface area contributed by atoms with Crippen LogP contribution in [0.1, 0.15) is 36.1 Å². The summed E-state index contributed by atoms with van der Waals surface area (Å²) in [6.07, 6.45) is 4.53. The van der Waals surface area contributed by atoms with Crippen LogP contribution >= 0.6 is 37.2 Å². The molecule has 5 rings (SSSR count). The van der Waals surface area contributed by atoms with Crippen molar-refractivity contribution in [1.82, 2.24) is 25.5 Å². The van der Waals surface area contributed by atoms with E-state index in [4.69, 9.17) is 0 Å². The Balaban J connectivity index is 0.00000196. The first kappa shape index (κ1) is 34.0. The molecule has 0 aliphatic carbocycles. The van der Waals surface area contributed by atoms with Crippen LogP contribution in [0, 0.1) is 0 Å². The molecule has 0 radical (unpaired) electrons. The van der Waals surface area contributed by atoms with Crippen molar-refractivity contribution in [3.05, 3.63) is 65.5 Å². The van der Waals surface area contributed by atoms with E-state index in [1.54, 1.807) is 6.20 Å². The molecule has 2 aromatic heterocycles. The second-order valence-corrected chi connectivity index (χ2v) is 9.93. The number of aryl methyl sites for hydroxylation is 1. The number of carboxylic acid groups (broad SMARTS) is 1. The molecule has 1 aromatic carbocycles. The predicted molar refractivity (Wildman–Crippen MR) is 164 cm³/mol. The van der Waals surface area contributed by atoms with E-state index in [0.717, 1.165) is 47.4 Å². The summed E-state index contributed by atoms with van der Waals surface area (Å²) in [5.41, 5.74) is 3.77. The maximum Gasteiger partial charge on any atom is 0.305 e. The van der Waals surface area contributed by atoms with E-state index in [-0.39, 0.29) is 68.0 Å². The summed E-state index contributed by atoms with van der Waals surface area (Å²) in [4.78, 5) is 47.8. The normalized spacial score (nSPS) is 16.3. The number of carboxylic acids is 1. The molecule has 0 spiro atoms. The number of anilines is 1. The van der Waals surface area contributed by atoms with Crippen molar-refractivity contribution < 1.29 is 19.5 Å². The average Bonchev–Trinajstić information content (AvgIpc) is 3.25. The van der Waals surface area contributed by atoms with Crippen molar-refractivity contribution in [3.8, 4) is 0 Å². The van der Waals surface area contributed by atoms with Gasteiger partial charge >= 0.3 is 5.97 Å². The van der Waals surface area contributed by atoms with Gasteiger partial charge in [-0.3, -0.25) is 19.4 Å². The van der Waals surface area contributed by atoms with E-state index in [0.29, 0.717) is 25.9 Å². The van der Waals surface area contributed by atoms with E-state index in [1.165, 1.54) is 10.5 Å². The highest BCUT2D eigenvalue weighted by Crippen LogP contribution is 2.20. The van der Waals surface area contributed by atoms with E-state index in [1.807, 2.05) is 36.4 Å². The quantitative estimate of drug-likeness (QED) is 0.270. The van der Waals surface area contributed by atoms with E-state index >= 15 is 0 Å². The Bertz CT molecular complexity index is 1360. The molecule has 4 heterocycles. The van der Waals surface area contributed by atoms with Gasteiger partial charge in [0.2, 0.25) is 11.8 Å². The molecule has 2 atom stereocenters. The Morgan fingerprint density at radius 1 is 1.15 bits per heavy atom. The van der Waals surface area contributed by atoms with E-state index < -0.39 is 12.0 Å². The minimum Gasteiger partial charge on any atom is -0.481 e. The van der Waals surface area contributed by atoms with Crippen LogP contribution in [-0.2, 0) is 33.8 Å². The number of para-hydroxylation sites is 1. The Hall–Kier alpha value is -3.18. The molecule has 2 aliphatic heterocycles. The fourth-order valence-electron chi connectivity index (χ4n) is 5.12. The standard InChI is InChI=1S/C28H32N6O4.3ClH/c35-25(32-22(14-26(36)37)13-18-12-20-4-1-2-6-23(20)30-15-18)17-34-11-9-24(28(34)38)31-16-21-8-7-19-5-3-10-29-27(19)33-21;;;/h1-2,4,6-8,12,15,22,24,31H,3,5,9-11,13-14,16-17H2,(H,29,33)(H,32,35)(H,36,37);3*1H. The molecule has 0 saturated carbocycles. The summed E-state index contributed by atoms with van der Waals surface area (Å²) >= 11 is 0. The van der Waals surface area contributed by atoms with E-state index in [9.17, 15) is 19.5 Å². The van der Waals surface area contributed by atoms with Crippen LogP contribution < -0.4 is 16.0 Å². The number of carbonyl (C=O) groups is 3. The Morgan fingerprint density at radius 2 is 1.95 bits per heavy atom. The molecule has 41 heavy (non-hydrogen) atoms. The molecule has 10 nitrogen and oxygen atoms in total. The molecule has 2 aliphatic rings. The van der Waals surface area contributed by atoms with Crippen molar-refractivity contribution in [2.45, 2.75) is 50.7 Å². The molecule has 4 N–H and O–H groups in total. The lowest BCUT2D eigenvalue weighted by atomic mass is 10.0. The lowest BCUT2D eigenvalue weighted by Crippen LogP contribution is -2.46. The largest absolute Gasteiger partial charge is 0.481 e. The third-order valence-electron chi connectivity index (χ3n) is 7.03. The van der Waals surface area contributed by atoms with Gasteiger partial charge in [0.1, 0.15) is 5.82 Å². The van der Waals surface area contributed by atoms with Crippen LogP contribution in [0.2, 0.25) is 0 Å². The molecular weight excluding hydrogens is 591 g/mol. The fraction of sp³-hybridized carbons (Fsp3) is 0.393. The summed E-state index contributed by atoms with van der Waals surface area (Å²) in [7, 11) is 0. The van der Waals surface area contributed by atoms with Gasteiger partial charge in [0, 0.05) is 37.3 Å². The van der Waals surface area contributed by atoms with Gasteiger partial charge in [-0.05, 0) is 55.0 Å². The van der Waals surface area contributed by atoms with Crippen molar-refractivity contribution in [2.75, 3.05) is 25.0 Å². The maximum absolute atomic E-state index is 12.9. The van der Waals surface area contributed by atoms with Crippen molar-refractivity contribution in [3.63, 3.8) is 0 Å². The van der Waals surface area contributed by atoms with Crippen molar-refractivity contribution in [1.29, 1.82) is 0 Å². The number of rotatable bonds is 10. The molecule has 222 valence electrons. The molecule has 13 heteroatoms. The monoisotopic (exact) mass is 624 g/mol. The SMILES string of the molecule is Cl.Cl.Cl.O=C(O)CC(Cc1cnc2ccccc2c1)NC(=O)CN1CCC(NCc2ccc3c(n2)NCCC3)C1=O. The van der Waals surface area contributed by atoms with E-state index in [2.05, 4.69) is 32.0 Å². The Kier molecular flexibility index (Phi) is 13.0. The Morgan fingerprint density at radius 3 is 2.76 bits per heavy atom. The van der Waals surface area contributed by atoms with Gasteiger partial charge in [-0.1, -0.05) is 24.3 Å². The van der Waals surface area contributed by atoms with Crippen LogP contribution in [0.3, 0.4) is 0 Å². The van der Waals surface area contributed by atoms with Crippen LogP contribution in [-0.4, -0.2) is 69.5 Å². The van der Waals surface area contributed by atoms with Crippen molar-refractivity contribution >= 4 is 71.7 Å². The van der Waals surface area contributed by atoms with Gasteiger partial charge in [-0.15, -0.1) is 37.2 Å². The zero-order valence-corrected chi connectivity index (χ0v) is 24.8. The van der Waals surface area contributed by atoms with Crippen LogP contribution in [0.15, 0.2) is 48.7 Å². The molecule has 2 amide bonds. The summed E-state index contributed by atoms with van der Waals surface area (Å²) in [5, 5.41) is 19.7. The number of fused-ring (bicyclic) bond motifs is 2. The summed E-state index contributed by atoms with van der Waals surface area (Å²) < 4.78 is 0. The number of amides is 2.